The molecule has 8 nitrogen and oxygen atoms in total. The Balaban J connectivity index is 1.32. The van der Waals surface area contributed by atoms with E-state index in [1.165, 1.54) is 19.1 Å². The second-order valence-electron chi connectivity index (χ2n) is 10.7. The van der Waals surface area contributed by atoms with E-state index in [0.717, 1.165) is 57.4 Å². The smallest absolute Gasteiger partial charge is 0.331 e. The molecule has 4 aliphatic rings. The molecule has 0 saturated carbocycles. The van der Waals surface area contributed by atoms with Gasteiger partial charge >= 0.3 is 5.97 Å². The topological polar surface area (TPSA) is 84.7 Å². The molecule has 2 aromatic rings. The number of fused-ring (bicyclic) bond motifs is 3. The maximum absolute atomic E-state index is 14.0. The molecule has 1 N–H and O–H groups in total. The molecule has 8 heteroatoms. The standard InChI is InChI=1S/C27H36N4O4/c1-27(22-9-5-4-6-10-22,30-14-7-2-3-8-15-30)26(33)35-23-19-31(16-11-21(23)12-17-31)20-25(32)28-24-13-18-34-29-24/h4-6,9-10,13,18,21,23H,2-3,7-8,11-12,14-17,19-20H2,1H3/p+1/t21?,23-,27?,31?/m1/s1. The summed E-state index contributed by atoms with van der Waals surface area (Å²) in [6.45, 7) is 6.75. The number of benzene rings is 1. The summed E-state index contributed by atoms with van der Waals surface area (Å²) >= 11 is 0. The summed E-state index contributed by atoms with van der Waals surface area (Å²) in [5, 5.41) is 6.60. The van der Waals surface area contributed by atoms with E-state index in [1.54, 1.807) is 6.07 Å². The Labute approximate surface area is 207 Å². The maximum Gasteiger partial charge on any atom is 0.331 e. The minimum atomic E-state index is -0.813. The van der Waals surface area contributed by atoms with Gasteiger partial charge in [-0.2, -0.15) is 0 Å². The summed E-state index contributed by atoms with van der Waals surface area (Å²) in [6, 6.07) is 11.7. The van der Waals surface area contributed by atoms with Gasteiger partial charge in [-0.05, 0) is 38.4 Å². The van der Waals surface area contributed by atoms with Crippen LogP contribution < -0.4 is 5.32 Å². The Bertz CT molecular complexity index is 995. The van der Waals surface area contributed by atoms with Crippen LogP contribution in [0.25, 0.3) is 0 Å². The summed E-state index contributed by atoms with van der Waals surface area (Å²) in [5.74, 6) is 0.554. The average molecular weight is 482 g/mol. The van der Waals surface area contributed by atoms with Gasteiger partial charge in [-0.25, -0.2) is 4.79 Å². The van der Waals surface area contributed by atoms with E-state index in [9.17, 15) is 9.59 Å². The number of rotatable bonds is 7. The van der Waals surface area contributed by atoms with E-state index in [-0.39, 0.29) is 18.0 Å². The summed E-state index contributed by atoms with van der Waals surface area (Å²) in [4.78, 5) is 29.1. The molecule has 4 aliphatic heterocycles. The fraction of sp³-hybridized carbons (Fsp3) is 0.593. The molecule has 2 atom stereocenters. The van der Waals surface area contributed by atoms with E-state index < -0.39 is 5.54 Å². The van der Waals surface area contributed by atoms with Gasteiger partial charge in [0, 0.05) is 24.8 Å². The van der Waals surface area contributed by atoms with Crippen LogP contribution in [-0.2, 0) is 19.9 Å². The monoisotopic (exact) mass is 481 g/mol. The van der Waals surface area contributed by atoms with Gasteiger partial charge in [0.15, 0.2) is 18.5 Å². The third kappa shape index (κ3) is 5.00. The highest BCUT2D eigenvalue weighted by Crippen LogP contribution is 2.38. The van der Waals surface area contributed by atoms with Crippen LogP contribution in [-0.4, -0.2) is 71.8 Å². The highest BCUT2D eigenvalue weighted by atomic mass is 16.5. The zero-order chi connectivity index (χ0) is 24.3. The number of esters is 1. The first-order valence-electron chi connectivity index (χ1n) is 13.1. The molecule has 1 amide bonds. The van der Waals surface area contributed by atoms with Gasteiger partial charge in [0.2, 0.25) is 0 Å². The van der Waals surface area contributed by atoms with Gasteiger partial charge in [-0.1, -0.05) is 48.3 Å². The van der Waals surface area contributed by atoms with Crippen molar-refractivity contribution in [1.82, 2.24) is 10.1 Å². The van der Waals surface area contributed by atoms with Gasteiger partial charge in [0.1, 0.15) is 18.3 Å². The lowest BCUT2D eigenvalue weighted by molar-refractivity contribution is -0.939. The van der Waals surface area contributed by atoms with Crippen molar-refractivity contribution < 1.29 is 23.3 Å². The molecule has 4 saturated heterocycles. The van der Waals surface area contributed by atoms with Gasteiger partial charge < -0.3 is 19.1 Å². The number of aromatic nitrogens is 1. The Kier molecular flexibility index (Phi) is 6.93. The van der Waals surface area contributed by atoms with E-state index in [0.29, 0.717) is 29.3 Å². The van der Waals surface area contributed by atoms with Gasteiger partial charge in [0.05, 0.1) is 13.1 Å². The molecule has 1 unspecified atom stereocenters. The van der Waals surface area contributed by atoms with E-state index in [2.05, 4.69) is 15.4 Å². The van der Waals surface area contributed by atoms with Gasteiger partial charge in [-0.3, -0.25) is 9.69 Å². The number of carbonyl (C=O) groups is 2. The van der Waals surface area contributed by atoms with Crippen molar-refractivity contribution >= 4 is 17.7 Å². The van der Waals surface area contributed by atoms with Crippen molar-refractivity contribution in [1.29, 1.82) is 0 Å². The summed E-state index contributed by atoms with van der Waals surface area (Å²) in [7, 11) is 0. The number of hydrogen-bond donors (Lipinski definition) is 1. The van der Waals surface area contributed by atoms with Crippen LogP contribution in [0.4, 0.5) is 5.82 Å². The number of likely N-dealkylation sites (tertiary alicyclic amines) is 1. The predicted octanol–water partition coefficient (Wildman–Crippen LogP) is 3.56. The largest absolute Gasteiger partial charge is 0.454 e. The number of quaternary nitrogens is 1. The molecule has 1 aromatic carbocycles. The number of piperidine rings is 3. The molecule has 2 bridgehead atoms. The van der Waals surface area contributed by atoms with Crippen LogP contribution in [0.3, 0.4) is 0 Å². The van der Waals surface area contributed by atoms with Crippen molar-refractivity contribution in [3.8, 4) is 0 Å². The van der Waals surface area contributed by atoms with Crippen molar-refractivity contribution in [3.63, 3.8) is 0 Å². The first kappa shape index (κ1) is 24.0. The second-order valence-corrected chi connectivity index (χ2v) is 10.7. The second kappa shape index (κ2) is 10.1. The Morgan fingerprint density at radius 2 is 1.83 bits per heavy atom. The number of carbonyl (C=O) groups excluding carboxylic acids is 2. The lowest BCUT2D eigenvalue weighted by Gasteiger charge is -2.52. The van der Waals surface area contributed by atoms with Crippen LogP contribution in [0, 0.1) is 5.92 Å². The van der Waals surface area contributed by atoms with Gasteiger partial charge in [-0.15, -0.1) is 0 Å². The van der Waals surface area contributed by atoms with E-state index >= 15 is 0 Å². The zero-order valence-electron chi connectivity index (χ0n) is 20.7. The molecule has 0 aliphatic carbocycles. The minimum absolute atomic E-state index is 0.0805. The van der Waals surface area contributed by atoms with Crippen molar-refractivity contribution in [2.75, 3.05) is 44.6 Å². The summed E-state index contributed by atoms with van der Waals surface area (Å²) in [5.41, 5.74) is 0.177. The minimum Gasteiger partial charge on any atom is -0.454 e. The Morgan fingerprint density at radius 3 is 2.49 bits per heavy atom. The number of nitrogens with zero attached hydrogens (tertiary/aromatic N) is 3. The highest BCUT2D eigenvalue weighted by Gasteiger charge is 2.51. The fourth-order valence-electron chi connectivity index (χ4n) is 6.30. The van der Waals surface area contributed by atoms with E-state index in [4.69, 9.17) is 9.26 Å². The fourth-order valence-corrected chi connectivity index (χ4v) is 6.30. The Hall–Kier alpha value is -2.71. The van der Waals surface area contributed by atoms with Gasteiger partial charge in [0.25, 0.3) is 5.91 Å². The number of amides is 1. The Morgan fingerprint density at radius 1 is 1.11 bits per heavy atom. The van der Waals surface area contributed by atoms with Crippen LogP contribution in [0.15, 0.2) is 47.2 Å². The number of hydrogen-bond acceptors (Lipinski definition) is 6. The molecule has 4 fully saturated rings. The molecule has 0 spiro atoms. The van der Waals surface area contributed by atoms with Crippen LogP contribution in [0.5, 0.6) is 0 Å². The first-order chi connectivity index (χ1) is 17.0. The van der Waals surface area contributed by atoms with Crippen molar-refractivity contribution in [3.05, 3.63) is 48.2 Å². The molecular weight excluding hydrogens is 444 g/mol. The molecule has 5 heterocycles. The lowest BCUT2D eigenvalue weighted by Crippen LogP contribution is -2.66. The SMILES string of the molecule is CC(C(=O)O[C@@H]1C[N+]2(CC(=O)Nc3ccon3)CCC1CC2)(c1ccccc1)N1CCCCCC1. The molecule has 6 rings (SSSR count). The van der Waals surface area contributed by atoms with E-state index in [1.807, 2.05) is 37.3 Å². The van der Waals surface area contributed by atoms with Crippen molar-refractivity contribution in [2.45, 2.75) is 57.1 Å². The number of ether oxygens (including phenoxy) is 1. The summed E-state index contributed by atoms with van der Waals surface area (Å²) in [6.07, 6.45) is 7.83. The molecule has 0 radical (unpaired) electrons. The average Bonchev–Trinajstić information content (AvgIpc) is 3.22. The summed E-state index contributed by atoms with van der Waals surface area (Å²) < 4.78 is 11.9. The highest BCUT2D eigenvalue weighted by molar-refractivity contribution is 5.90. The normalized spacial score (nSPS) is 28.6. The molecule has 188 valence electrons. The third-order valence-corrected chi connectivity index (χ3v) is 8.46. The number of anilines is 1. The van der Waals surface area contributed by atoms with Crippen LogP contribution >= 0.6 is 0 Å². The third-order valence-electron chi connectivity index (χ3n) is 8.46. The lowest BCUT2D eigenvalue weighted by atomic mass is 9.82. The van der Waals surface area contributed by atoms with Crippen LogP contribution in [0.1, 0.15) is 51.0 Å². The van der Waals surface area contributed by atoms with Crippen molar-refractivity contribution in [2.24, 2.45) is 5.92 Å². The predicted molar refractivity (Wildman–Crippen MR) is 131 cm³/mol. The zero-order valence-corrected chi connectivity index (χ0v) is 20.7. The number of nitrogens with one attached hydrogen (secondary N) is 1. The van der Waals surface area contributed by atoms with Crippen LogP contribution in [0.2, 0.25) is 0 Å². The molecule has 35 heavy (non-hydrogen) atoms. The quantitative estimate of drug-likeness (QED) is 0.481. The maximum atomic E-state index is 14.0. The molecular formula is C27H37N4O4+. The molecule has 1 aromatic heterocycles. The first-order valence-corrected chi connectivity index (χ1v) is 13.1.